The van der Waals surface area contributed by atoms with Crippen molar-refractivity contribution in [1.82, 2.24) is 14.8 Å². The van der Waals surface area contributed by atoms with Crippen molar-refractivity contribution >= 4 is 0 Å². The summed E-state index contributed by atoms with van der Waals surface area (Å²) in [7, 11) is 1.66. The molecule has 2 heterocycles. The van der Waals surface area contributed by atoms with Crippen molar-refractivity contribution in [2.75, 3.05) is 13.7 Å². The first-order valence-corrected chi connectivity index (χ1v) is 6.95. The summed E-state index contributed by atoms with van der Waals surface area (Å²) in [4.78, 5) is 4.60. The molecule has 1 aromatic heterocycles. The van der Waals surface area contributed by atoms with Crippen LogP contribution in [0.25, 0.3) is 0 Å². The van der Waals surface area contributed by atoms with Crippen molar-refractivity contribution in [3.63, 3.8) is 0 Å². The summed E-state index contributed by atoms with van der Waals surface area (Å²) in [5.74, 6) is 3.04. The Bertz CT molecular complexity index is 577. The van der Waals surface area contributed by atoms with E-state index < -0.39 is 0 Å². The standard InChI is InChI=1S/C15H19N3O2/c1-20-13-4-2-11(3-5-13)8-14-16-15-9-12(10-19)6-7-18(15)17-14/h2-5,12,19H,6-10H2,1H3. The molecule has 1 atom stereocenters. The number of ether oxygens (including phenoxy) is 1. The highest BCUT2D eigenvalue weighted by molar-refractivity contribution is 5.28. The Morgan fingerprint density at radius 2 is 2.15 bits per heavy atom. The number of aromatic nitrogens is 3. The molecule has 1 aliphatic heterocycles. The number of fused-ring (bicyclic) bond motifs is 1. The topological polar surface area (TPSA) is 60.2 Å². The van der Waals surface area contributed by atoms with Crippen LogP contribution in [-0.4, -0.2) is 33.6 Å². The monoisotopic (exact) mass is 273 g/mol. The van der Waals surface area contributed by atoms with E-state index in [1.54, 1.807) is 7.11 Å². The van der Waals surface area contributed by atoms with Gasteiger partial charge in [-0.1, -0.05) is 12.1 Å². The number of nitrogens with zero attached hydrogens (tertiary/aromatic N) is 3. The van der Waals surface area contributed by atoms with Gasteiger partial charge in [0.2, 0.25) is 0 Å². The van der Waals surface area contributed by atoms with E-state index in [1.165, 1.54) is 5.56 Å². The molecule has 0 saturated carbocycles. The third kappa shape index (κ3) is 2.67. The first-order valence-electron chi connectivity index (χ1n) is 6.95. The maximum atomic E-state index is 9.24. The molecule has 3 rings (SSSR count). The smallest absolute Gasteiger partial charge is 0.155 e. The second-order valence-corrected chi connectivity index (χ2v) is 5.23. The van der Waals surface area contributed by atoms with Crippen molar-refractivity contribution in [3.05, 3.63) is 41.5 Å². The Labute approximate surface area is 118 Å². The minimum absolute atomic E-state index is 0.237. The predicted octanol–water partition coefficient (Wildman–Crippen LogP) is 1.43. The molecule has 106 valence electrons. The highest BCUT2D eigenvalue weighted by Gasteiger charge is 2.21. The van der Waals surface area contributed by atoms with E-state index in [0.29, 0.717) is 5.92 Å². The van der Waals surface area contributed by atoms with Crippen LogP contribution in [0.15, 0.2) is 24.3 Å². The molecule has 0 fully saturated rings. The molecule has 1 aliphatic rings. The summed E-state index contributed by atoms with van der Waals surface area (Å²) in [6, 6.07) is 7.98. The van der Waals surface area contributed by atoms with E-state index >= 15 is 0 Å². The number of methoxy groups -OCH3 is 1. The van der Waals surface area contributed by atoms with Crippen molar-refractivity contribution in [1.29, 1.82) is 0 Å². The van der Waals surface area contributed by atoms with Crippen LogP contribution in [0, 0.1) is 5.92 Å². The molecule has 20 heavy (non-hydrogen) atoms. The fraction of sp³-hybridized carbons (Fsp3) is 0.467. The zero-order valence-corrected chi connectivity index (χ0v) is 11.6. The highest BCUT2D eigenvalue weighted by atomic mass is 16.5. The SMILES string of the molecule is COc1ccc(Cc2nc3n(n2)CCC(CO)C3)cc1. The first kappa shape index (κ1) is 13.1. The first-order chi connectivity index (χ1) is 9.78. The molecule has 2 aromatic rings. The molecule has 1 unspecified atom stereocenters. The quantitative estimate of drug-likeness (QED) is 0.915. The van der Waals surface area contributed by atoms with Crippen molar-refractivity contribution in [2.45, 2.75) is 25.8 Å². The van der Waals surface area contributed by atoms with Gasteiger partial charge in [0.1, 0.15) is 11.6 Å². The van der Waals surface area contributed by atoms with E-state index in [4.69, 9.17) is 4.74 Å². The largest absolute Gasteiger partial charge is 0.497 e. The van der Waals surface area contributed by atoms with E-state index in [0.717, 1.165) is 43.2 Å². The predicted molar refractivity (Wildman–Crippen MR) is 74.7 cm³/mol. The zero-order valence-electron chi connectivity index (χ0n) is 11.6. The molecule has 0 spiro atoms. The van der Waals surface area contributed by atoms with Crippen LogP contribution in [0.1, 0.15) is 23.6 Å². The van der Waals surface area contributed by atoms with Gasteiger partial charge in [0, 0.05) is 26.0 Å². The van der Waals surface area contributed by atoms with Crippen LogP contribution in [0.3, 0.4) is 0 Å². The van der Waals surface area contributed by atoms with Gasteiger partial charge in [-0.2, -0.15) is 5.10 Å². The third-order valence-corrected chi connectivity index (χ3v) is 3.79. The molecular weight excluding hydrogens is 254 g/mol. The number of aryl methyl sites for hydroxylation is 1. The molecule has 5 nitrogen and oxygen atoms in total. The fourth-order valence-electron chi connectivity index (χ4n) is 2.58. The molecule has 0 bridgehead atoms. The second-order valence-electron chi connectivity index (χ2n) is 5.23. The lowest BCUT2D eigenvalue weighted by Gasteiger charge is -2.19. The Morgan fingerprint density at radius 3 is 2.85 bits per heavy atom. The van der Waals surface area contributed by atoms with Crippen LogP contribution in [-0.2, 0) is 19.4 Å². The van der Waals surface area contributed by atoms with Crippen LogP contribution in [0.5, 0.6) is 5.75 Å². The zero-order chi connectivity index (χ0) is 13.9. The van der Waals surface area contributed by atoms with Gasteiger partial charge in [0.25, 0.3) is 0 Å². The van der Waals surface area contributed by atoms with Gasteiger partial charge in [0.15, 0.2) is 5.82 Å². The summed E-state index contributed by atoms with van der Waals surface area (Å²) >= 11 is 0. The van der Waals surface area contributed by atoms with Gasteiger partial charge in [-0.05, 0) is 30.0 Å². The van der Waals surface area contributed by atoms with Gasteiger partial charge >= 0.3 is 0 Å². The van der Waals surface area contributed by atoms with E-state index in [-0.39, 0.29) is 6.61 Å². The van der Waals surface area contributed by atoms with Crippen molar-refractivity contribution in [3.8, 4) is 5.75 Å². The Kier molecular flexibility index (Phi) is 3.69. The van der Waals surface area contributed by atoms with Gasteiger partial charge in [0.05, 0.1) is 7.11 Å². The van der Waals surface area contributed by atoms with Gasteiger partial charge in [-0.15, -0.1) is 0 Å². The lowest BCUT2D eigenvalue weighted by atomic mass is 9.99. The molecule has 0 radical (unpaired) electrons. The summed E-state index contributed by atoms with van der Waals surface area (Å²) in [5.41, 5.74) is 1.17. The van der Waals surface area contributed by atoms with Gasteiger partial charge in [-0.3, -0.25) is 0 Å². The maximum absolute atomic E-state index is 9.24. The minimum Gasteiger partial charge on any atom is -0.497 e. The summed E-state index contributed by atoms with van der Waals surface area (Å²) in [6.07, 6.45) is 2.54. The third-order valence-electron chi connectivity index (χ3n) is 3.79. The molecule has 0 aliphatic carbocycles. The van der Waals surface area contributed by atoms with Crippen LogP contribution < -0.4 is 4.74 Å². The Morgan fingerprint density at radius 1 is 1.35 bits per heavy atom. The maximum Gasteiger partial charge on any atom is 0.155 e. The highest BCUT2D eigenvalue weighted by Crippen LogP contribution is 2.19. The van der Waals surface area contributed by atoms with Gasteiger partial charge in [-0.25, -0.2) is 9.67 Å². The van der Waals surface area contributed by atoms with E-state index in [2.05, 4.69) is 10.1 Å². The molecule has 0 saturated heterocycles. The van der Waals surface area contributed by atoms with Gasteiger partial charge < -0.3 is 9.84 Å². The summed E-state index contributed by atoms with van der Waals surface area (Å²) in [6.45, 7) is 1.09. The molecule has 0 amide bonds. The Balaban J connectivity index is 1.73. The van der Waals surface area contributed by atoms with E-state index in [9.17, 15) is 5.11 Å². The van der Waals surface area contributed by atoms with Crippen molar-refractivity contribution in [2.24, 2.45) is 5.92 Å². The average Bonchev–Trinajstić information content (AvgIpc) is 2.89. The van der Waals surface area contributed by atoms with Crippen molar-refractivity contribution < 1.29 is 9.84 Å². The van der Waals surface area contributed by atoms with Crippen LogP contribution in [0.2, 0.25) is 0 Å². The minimum atomic E-state index is 0.237. The van der Waals surface area contributed by atoms with Crippen LogP contribution in [0.4, 0.5) is 0 Å². The number of aliphatic hydroxyl groups excluding tert-OH is 1. The lowest BCUT2D eigenvalue weighted by Crippen LogP contribution is -2.22. The Hall–Kier alpha value is -1.88. The van der Waals surface area contributed by atoms with Crippen LogP contribution >= 0.6 is 0 Å². The number of hydrogen-bond acceptors (Lipinski definition) is 4. The molecule has 1 N–H and O–H groups in total. The molecular formula is C15H19N3O2. The van der Waals surface area contributed by atoms with E-state index in [1.807, 2.05) is 28.9 Å². The number of benzene rings is 1. The number of hydrogen-bond donors (Lipinski definition) is 1. The average molecular weight is 273 g/mol. The lowest BCUT2D eigenvalue weighted by molar-refractivity contribution is 0.196. The number of aliphatic hydroxyl groups is 1. The molecule has 5 heteroatoms. The molecule has 1 aromatic carbocycles. The summed E-state index contributed by atoms with van der Waals surface area (Å²) < 4.78 is 7.13. The number of rotatable bonds is 4. The fourth-order valence-corrected chi connectivity index (χ4v) is 2.58. The normalized spacial score (nSPS) is 17.8. The summed E-state index contributed by atoms with van der Waals surface area (Å²) in [5, 5.41) is 13.8. The second kappa shape index (κ2) is 5.63.